The topological polar surface area (TPSA) is 362 Å². The van der Waals surface area contributed by atoms with Crippen LogP contribution in [0.2, 0.25) is 0 Å². The maximum atomic E-state index is 15.9. The Morgan fingerprint density at radius 1 is 0.449 bits per heavy atom. The van der Waals surface area contributed by atoms with E-state index in [-0.39, 0.29) is 42.6 Å². The highest BCUT2D eigenvalue weighted by Crippen LogP contribution is 2.77. The normalized spacial score (nSPS) is 39.9. The lowest BCUT2D eigenvalue weighted by molar-refractivity contribution is -0.358. The van der Waals surface area contributed by atoms with Crippen molar-refractivity contribution in [3.63, 3.8) is 0 Å². The van der Waals surface area contributed by atoms with Crippen molar-refractivity contribution in [1.82, 2.24) is 0 Å². The van der Waals surface area contributed by atoms with Crippen molar-refractivity contribution in [2.45, 2.75) is 280 Å². The van der Waals surface area contributed by atoms with Crippen molar-refractivity contribution >= 4 is 71.6 Å². The minimum Gasteiger partial charge on any atom is -0.463 e. The zero-order valence-corrected chi connectivity index (χ0v) is 59.4. The minimum atomic E-state index is -1.81. The van der Waals surface area contributed by atoms with Crippen LogP contribution >= 0.6 is 0 Å². The molecule has 29 heteroatoms. The van der Waals surface area contributed by atoms with E-state index >= 15 is 4.79 Å². The Morgan fingerprint density at radius 3 is 1.41 bits per heavy atom. The second-order valence-corrected chi connectivity index (χ2v) is 29.2. The average molecular weight is 1390 g/mol. The Morgan fingerprint density at radius 2 is 0.918 bits per heavy atom. The van der Waals surface area contributed by atoms with Crippen molar-refractivity contribution in [3.05, 3.63) is 11.6 Å². The Balaban J connectivity index is 1.12. The van der Waals surface area contributed by atoms with Gasteiger partial charge in [-0.2, -0.15) is 0 Å². The number of esters is 12. The third kappa shape index (κ3) is 15.4. The van der Waals surface area contributed by atoms with Gasteiger partial charge in [-0.3, -0.25) is 57.5 Å². The van der Waals surface area contributed by atoms with Gasteiger partial charge in [0.15, 0.2) is 55.3 Å². The molecule has 24 atom stereocenters. The van der Waals surface area contributed by atoms with E-state index in [0.717, 1.165) is 74.8 Å². The summed E-state index contributed by atoms with van der Waals surface area (Å²) in [5, 5.41) is 0. The summed E-state index contributed by atoms with van der Waals surface area (Å²) in [7, 11) is 0. The van der Waals surface area contributed by atoms with Gasteiger partial charge in [0.25, 0.3) is 0 Å². The number of allylic oxidation sites excluding steroid dienone is 1. The highest BCUT2D eigenvalue weighted by atomic mass is 16.8. The number of carbonyl (C=O) groups is 12. The van der Waals surface area contributed by atoms with Crippen LogP contribution in [0.3, 0.4) is 0 Å². The van der Waals surface area contributed by atoms with Gasteiger partial charge in [-0.05, 0) is 104 Å². The molecular weight excluding hydrogens is 1290 g/mol. The standard InChI is InChI=1S/C69H98O29/c1-32-21-26-69(63(81)97-62-58(92-42(11)79)55(89-39(8)76)52(87-37(6)74)47(94-62)30-83-34(3)71)28-27-66(16)44(59(69)68(32,18)98-43(12)80)19-20-49-65(15)24-23-50(64(13,14)48(65)22-25-67(49,66)17)95-60-56(90-40(9)77)53(45(31-84-60)85-35(4)72)96-61-57(91-41(10)78)54(88-38(7)75)51(86-36(5)73)46(93-61)29-82-33(2)70/h19,32,45-62H,20-31H2,1-18H3/t32-,45+,46-,47-,48+,49-,50+,51-,52-,53+,54+,55+,56-,57-,58-,59-,60+,61+,62+,65+,66-,67-,68-,69+/m1/s1. The molecule has 3 aliphatic heterocycles. The lowest BCUT2D eigenvalue weighted by atomic mass is 9.33. The van der Waals surface area contributed by atoms with Gasteiger partial charge < -0.3 is 80.5 Å². The van der Waals surface area contributed by atoms with Crippen LogP contribution in [-0.4, -0.2) is 189 Å². The number of rotatable bonds is 19. The van der Waals surface area contributed by atoms with Crippen LogP contribution in [0.5, 0.6) is 0 Å². The van der Waals surface area contributed by atoms with Crippen molar-refractivity contribution in [3.8, 4) is 0 Å². The molecule has 0 spiro atoms. The molecule has 3 saturated heterocycles. The zero-order chi connectivity index (χ0) is 72.7. The second-order valence-electron chi connectivity index (χ2n) is 29.2. The molecule has 5 aliphatic carbocycles. The Bertz CT molecular complexity index is 3120. The van der Waals surface area contributed by atoms with Gasteiger partial charge >= 0.3 is 71.6 Å². The highest BCUT2D eigenvalue weighted by molar-refractivity contribution is 5.80. The van der Waals surface area contributed by atoms with E-state index in [9.17, 15) is 52.7 Å². The summed E-state index contributed by atoms with van der Waals surface area (Å²) in [6.07, 6.45) is -15.8. The van der Waals surface area contributed by atoms with Crippen LogP contribution in [-0.2, 0) is 138 Å². The van der Waals surface area contributed by atoms with Crippen LogP contribution in [0, 0.1) is 50.7 Å². The molecule has 8 rings (SSSR count). The van der Waals surface area contributed by atoms with Gasteiger partial charge in [-0.15, -0.1) is 0 Å². The maximum Gasteiger partial charge on any atom is 0.315 e. The fourth-order valence-electron chi connectivity index (χ4n) is 18.3. The summed E-state index contributed by atoms with van der Waals surface area (Å²) in [4.78, 5) is 156. The molecule has 98 heavy (non-hydrogen) atoms. The summed E-state index contributed by atoms with van der Waals surface area (Å²) in [6.45, 7) is 25.9. The summed E-state index contributed by atoms with van der Waals surface area (Å²) >= 11 is 0. The lowest BCUT2D eigenvalue weighted by Gasteiger charge is -2.72. The van der Waals surface area contributed by atoms with E-state index in [1.165, 1.54) is 6.92 Å². The Labute approximate surface area is 570 Å². The quantitative estimate of drug-likeness (QED) is 0.0616. The SMILES string of the molecule is CC(=O)OC[C@H]1O[C@@H](OC(=O)[C@]23CC[C@@H](C)[C@@](C)(OC(C)=O)[C@H]2C2=CC[C@@H]4[C@@]5(C)CC[C@H](O[C@@H]6OC[C@H](OC(C)=O)[C@H](O[C@@H]7O[C@H](COC(C)=O)[C@@H](OC(C)=O)[C@H](OC(C)=O)[C@H]7OC(C)=O)[C@H]6OC(C)=O)C(C)(C)[C@@H]5CC[C@@]4(C)[C@]2(C)CC3)[C@H](OC(C)=O)[C@@H](OC(C)=O)[C@@H]1OC(C)=O. The Hall–Kier alpha value is -6.82. The summed E-state index contributed by atoms with van der Waals surface area (Å²) in [5.41, 5.74) is -3.90. The molecule has 3 heterocycles. The van der Waals surface area contributed by atoms with Crippen molar-refractivity contribution in [2.24, 2.45) is 50.7 Å². The smallest absolute Gasteiger partial charge is 0.315 e. The largest absolute Gasteiger partial charge is 0.463 e. The van der Waals surface area contributed by atoms with E-state index in [2.05, 4.69) is 40.7 Å². The van der Waals surface area contributed by atoms with Crippen molar-refractivity contribution in [1.29, 1.82) is 0 Å². The molecule has 8 aliphatic rings. The molecule has 0 N–H and O–H groups in total. The molecule has 0 unspecified atom stereocenters. The van der Waals surface area contributed by atoms with Gasteiger partial charge in [-0.1, -0.05) is 53.2 Å². The van der Waals surface area contributed by atoms with Gasteiger partial charge in [0, 0.05) is 82.1 Å². The van der Waals surface area contributed by atoms with E-state index in [1.54, 1.807) is 0 Å². The van der Waals surface area contributed by atoms with Crippen LogP contribution in [0.1, 0.15) is 182 Å². The minimum absolute atomic E-state index is 0.0180. The zero-order valence-electron chi connectivity index (χ0n) is 59.4. The van der Waals surface area contributed by atoms with E-state index in [0.29, 0.717) is 44.9 Å². The second kappa shape index (κ2) is 29.8. The summed E-state index contributed by atoms with van der Waals surface area (Å²) < 4.78 is 102. The maximum absolute atomic E-state index is 15.9. The number of carbonyl (C=O) groups excluding carboxylic acids is 12. The van der Waals surface area contributed by atoms with E-state index in [1.807, 2.05) is 13.8 Å². The van der Waals surface area contributed by atoms with Crippen LogP contribution < -0.4 is 0 Å². The van der Waals surface area contributed by atoms with Crippen molar-refractivity contribution < 1.29 is 138 Å². The Kier molecular flexibility index (Phi) is 23.4. The lowest BCUT2D eigenvalue weighted by Crippen LogP contribution is -2.69. The monoisotopic (exact) mass is 1390 g/mol. The fraction of sp³-hybridized carbons (Fsp3) is 0.797. The average Bonchev–Trinajstić information content (AvgIpc) is 0.670. The van der Waals surface area contributed by atoms with E-state index < -0.39 is 210 Å². The number of hydrogen-bond acceptors (Lipinski definition) is 29. The van der Waals surface area contributed by atoms with Crippen LogP contribution in [0.25, 0.3) is 0 Å². The van der Waals surface area contributed by atoms with Crippen LogP contribution in [0.4, 0.5) is 0 Å². The predicted octanol–water partition coefficient (Wildman–Crippen LogP) is 6.03. The van der Waals surface area contributed by atoms with Gasteiger partial charge in [0.05, 0.1) is 18.1 Å². The molecule has 0 aromatic rings. The first-order chi connectivity index (χ1) is 45.6. The number of fused-ring (bicyclic) bond motifs is 7. The molecule has 548 valence electrons. The van der Waals surface area contributed by atoms with Crippen LogP contribution in [0.15, 0.2) is 11.6 Å². The molecule has 4 saturated carbocycles. The molecule has 0 aromatic heterocycles. The molecule has 0 amide bonds. The fourth-order valence-corrected chi connectivity index (χ4v) is 18.3. The first-order valence-electron chi connectivity index (χ1n) is 33.6. The molecule has 0 aromatic carbocycles. The highest BCUT2D eigenvalue weighted by Gasteiger charge is 2.73. The van der Waals surface area contributed by atoms with Gasteiger partial charge in [0.1, 0.15) is 37.1 Å². The first-order valence-corrected chi connectivity index (χ1v) is 33.6. The number of hydrogen-bond donors (Lipinski definition) is 0. The molecular formula is C69H98O29. The molecule has 0 bridgehead atoms. The molecule has 0 radical (unpaired) electrons. The number of ether oxygens (including phenoxy) is 17. The van der Waals surface area contributed by atoms with Gasteiger partial charge in [0.2, 0.25) is 12.4 Å². The van der Waals surface area contributed by atoms with Crippen molar-refractivity contribution in [2.75, 3.05) is 19.8 Å². The molecule has 7 fully saturated rings. The molecule has 29 nitrogen and oxygen atoms in total. The first kappa shape index (κ1) is 76.9. The summed E-state index contributed by atoms with van der Waals surface area (Å²) in [6, 6.07) is 0. The third-order valence-electron chi connectivity index (χ3n) is 22.4. The van der Waals surface area contributed by atoms with Gasteiger partial charge in [-0.25, -0.2) is 0 Å². The summed E-state index contributed by atoms with van der Waals surface area (Å²) in [5.74, 6) is -10.7. The third-order valence-corrected chi connectivity index (χ3v) is 22.4. The van der Waals surface area contributed by atoms with E-state index in [4.69, 9.17) is 80.5 Å². The predicted molar refractivity (Wildman–Crippen MR) is 331 cm³/mol.